The molecule has 176 valence electrons. The van der Waals surface area contributed by atoms with E-state index in [4.69, 9.17) is 4.74 Å². The minimum atomic E-state index is -4.59. The molecule has 1 saturated carbocycles. The number of carbonyl (C=O) groups excluding carboxylic acids is 1. The normalized spacial score (nSPS) is 16.6. The molecule has 3 rings (SSSR count). The molecule has 11 heteroatoms. The molecule has 1 heterocycles. The van der Waals surface area contributed by atoms with Crippen LogP contribution in [0.15, 0.2) is 30.5 Å². The lowest BCUT2D eigenvalue weighted by molar-refractivity contribution is -0.220. The molecule has 0 aliphatic heterocycles. The van der Waals surface area contributed by atoms with Crippen LogP contribution >= 0.6 is 0 Å². The lowest BCUT2D eigenvalue weighted by atomic mass is 9.74. The molecule has 2 aromatic rings. The lowest BCUT2D eigenvalue weighted by Gasteiger charge is -2.38. The van der Waals surface area contributed by atoms with Gasteiger partial charge in [-0.15, -0.1) is 0 Å². The van der Waals surface area contributed by atoms with Crippen LogP contribution in [0, 0.1) is 5.41 Å². The van der Waals surface area contributed by atoms with Crippen molar-refractivity contribution in [3.8, 4) is 11.3 Å². The fourth-order valence-electron chi connectivity index (χ4n) is 3.42. The monoisotopic (exact) mass is 472 g/mol. The number of halogens is 3. The van der Waals surface area contributed by atoms with Crippen LogP contribution in [0.4, 0.5) is 13.2 Å². The predicted octanol–water partition coefficient (Wildman–Crippen LogP) is 3.86. The van der Waals surface area contributed by atoms with Crippen molar-refractivity contribution in [1.82, 2.24) is 19.7 Å². The van der Waals surface area contributed by atoms with Crippen molar-refractivity contribution in [1.29, 1.82) is 0 Å². The Kier molecular flexibility index (Phi) is 7.09. The van der Waals surface area contributed by atoms with E-state index < -0.39 is 41.4 Å². The summed E-state index contributed by atoms with van der Waals surface area (Å²) in [6.07, 6.45) is -1.11. The Bertz CT molecular complexity index is 958. The average molecular weight is 473 g/mol. The van der Waals surface area contributed by atoms with Crippen LogP contribution in [0.5, 0.6) is 0 Å². The zero-order chi connectivity index (χ0) is 23.6. The lowest BCUT2D eigenvalue weighted by Crippen LogP contribution is -2.53. The first-order valence-electron chi connectivity index (χ1n) is 10.4. The highest BCUT2D eigenvalue weighted by atomic mass is 32.2. The predicted molar refractivity (Wildman–Crippen MR) is 114 cm³/mol. The molecule has 1 atom stereocenters. The molecule has 32 heavy (non-hydrogen) atoms. The fourth-order valence-corrected chi connectivity index (χ4v) is 3.87. The van der Waals surface area contributed by atoms with E-state index in [1.165, 1.54) is 12.1 Å². The Morgan fingerprint density at radius 1 is 1.25 bits per heavy atom. The number of hydrogen-bond donors (Lipinski definition) is 2. The van der Waals surface area contributed by atoms with Crippen molar-refractivity contribution < 1.29 is 26.9 Å². The van der Waals surface area contributed by atoms with Crippen LogP contribution < -0.4 is 4.72 Å². The first kappa shape index (κ1) is 24.4. The summed E-state index contributed by atoms with van der Waals surface area (Å²) >= 11 is -0.689. The molecule has 1 aliphatic rings. The summed E-state index contributed by atoms with van der Waals surface area (Å²) in [5.74, 6) is -0.910. The molecule has 1 fully saturated rings. The van der Waals surface area contributed by atoms with E-state index in [2.05, 4.69) is 14.9 Å². The molecule has 1 aromatic carbocycles. The number of ether oxygens (including phenoxy) is 1. The molecule has 0 unspecified atom stereocenters. The molecule has 1 aromatic heterocycles. The SMILES string of the molecule is CCCOC(=O)[C@](CC(C)(C)C(F)(F)F)(N[SH]=O)c1ccc(-c2cnn(C3CC3)n2)cc1. The van der Waals surface area contributed by atoms with Crippen LogP contribution in [0.2, 0.25) is 0 Å². The highest BCUT2D eigenvalue weighted by Crippen LogP contribution is 2.46. The van der Waals surface area contributed by atoms with Crippen LogP contribution in [-0.2, 0) is 26.9 Å². The van der Waals surface area contributed by atoms with Crippen molar-refractivity contribution in [2.45, 2.75) is 64.2 Å². The van der Waals surface area contributed by atoms with E-state index in [-0.39, 0.29) is 12.2 Å². The summed E-state index contributed by atoms with van der Waals surface area (Å²) in [7, 11) is 0. The number of benzene rings is 1. The number of alkyl halides is 3. The molecule has 0 saturated heterocycles. The fraction of sp³-hybridized carbons (Fsp3) is 0.571. The summed E-state index contributed by atoms with van der Waals surface area (Å²) in [6.45, 7) is 3.82. The first-order valence-corrected chi connectivity index (χ1v) is 11.2. The zero-order valence-corrected chi connectivity index (χ0v) is 19.0. The van der Waals surface area contributed by atoms with Crippen molar-refractivity contribution >= 4 is 17.8 Å². The quantitative estimate of drug-likeness (QED) is 0.405. The van der Waals surface area contributed by atoms with Gasteiger partial charge in [0.15, 0.2) is 5.54 Å². The van der Waals surface area contributed by atoms with Gasteiger partial charge in [0, 0.05) is 5.56 Å². The summed E-state index contributed by atoms with van der Waals surface area (Å²) in [4.78, 5) is 14.7. The largest absolute Gasteiger partial charge is 0.464 e. The Morgan fingerprint density at radius 2 is 1.91 bits per heavy atom. The molecule has 1 N–H and O–H groups in total. The molecule has 0 bridgehead atoms. The van der Waals surface area contributed by atoms with Gasteiger partial charge in [-0.2, -0.15) is 28.2 Å². The summed E-state index contributed by atoms with van der Waals surface area (Å²) in [5.41, 5.74) is -2.68. The highest BCUT2D eigenvalue weighted by Gasteiger charge is 2.55. The average Bonchev–Trinajstić information content (AvgIpc) is 3.47. The van der Waals surface area contributed by atoms with E-state index in [1.807, 2.05) is 0 Å². The van der Waals surface area contributed by atoms with E-state index in [0.717, 1.165) is 26.7 Å². The third kappa shape index (κ3) is 5.03. The maximum absolute atomic E-state index is 13.7. The summed E-state index contributed by atoms with van der Waals surface area (Å²) in [6, 6.07) is 6.69. The van der Waals surface area contributed by atoms with Crippen molar-refractivity contribution in [2.24, 2.45) is 5.41 Å². The Morgan fingerprint density at radius 3 is 2.44 bits per heavy atom. The minimum absolute atomic E-state index is 0.0345. The van der Waals surface area contributed by atoms with Crippen molar-refractivity contribution in [3.05, 3.63) is 36.0 Å². The molecule has 1 aliphatic carbocycles. The Hall–Kier alpha value is -2.27. The third-order valence-electron chi connectivity index (χ3n) is 5.55. The number of hydrogen-bond acceptors (Lipinski definition) is 5. The Balaban J connectivity index is 2.00. The van der Waals surface area contributed by atoms with Gasteiger partial charge in [-0.05, 0) is 31.2 Å². The maximum Gasteiger partial charge on any atom is 0.394 e. The van der Waals surface area contributed by atoms with Gasteiger partial charge in [-0.25, -0.2) is 13.7 Å². The second kappa shape index (κ2) is 9.30. The number of rotatable bonds is 10. The number of esters is 1. The smallest absolute Gasteiger partial charge is 0.394 e. The van der Waals surface area contributed by atoms with Crippen LogP contribution in [0.25, 0.3) is 11.3 Å². The number of carbonyl (C=O) groups is 1. The number of thiol groups is 1. The second-order valence-corrected chi connectivity index (χ2v) is 9.07. The summed E-state index contributed by atoms with van der Waals surface area (Å²) in [5, 5.41) is 8.68. The van der Waals surface area contributed by atoms with Gasteiger partial charge in [0.05, 0.1) is 36.1 Å². The van der Waals surface area contributed by atoms with E-state index in [0.29, 0.717) is 23.7 Å². The number of nitrogens with one attached hydrogen (secondary N) is 1. The maximum atomic E-state index is 13.7. The van der Waals surface area contributed by atoms with Crippen LogP contribution in [0.3, 0.4) is 0 Å². The van der Waals surface area contributed by atoms with Gasteiger partial charge in [0.25, 0.3) is 0 Å². The zero-order valence-electron chi connectivity index (χ0n) is 18.1. The van der Waals surface area contributed by atoms with Gasteiger partial charge in [0.1, 0.15) is 5.69 Å². The van der Waals surface area contributed by atoms with Crippen LogP contribution in [0.1, 0.15) is 58.1 Å². The van der Waals surface area contributed by atoms with E-state index >= 15 is 0 Å². The van der Waals surface area contributed by atoms with Crippen molar-refractivity contribution in [3.63, 3.8) is 0 Å². The number of aromatic nitrogens is 3. The van der Waals surface area contributed by atoms with Gasteiger partial charge in [-0.1, -0.05) is 45.0 Å². The van der Waals surface area contributed by atoms with Crippen molar-refractivity contribution in [2.75, 3.05) is 6.61 Å². The van der Waals surface area contributed by atoms with Gasteiger partial charge >= 0.3 is 12.1 Å². The van der Waals surface area contributed by atoms with Gasteiger partial charge < -0.3 is 4.74 Å². The summed E-state index contributed by atoms with van der Waals surface area (Å²) < 4.78 is 60.4. The minimum Gasteiger partial charge on any atom is -0.464 e. The molecule has 0 amide bonds. The van der Waals surface area contributed by atoms with Gasteiger partial charge in [0.2, 0.25) is 0 Å². The molecule has 0 radical (unpaired) electrons. The van der Waals surface area contributed by atoms with E-state index in [9.17, 15) is 22.2 Å². The van der Waals surface area contributed by atoms with E-state index in [1.54, 1.807) is 30.0 Å². The second-order valence-electron chi connectivity index (χ2n) is 8.66. The third-order valence-corrected chi connectivity index (χ3v) is 6.03. The molecular weight excluding hydrogens is 445 g/mol. The number of nitrogens with zero attached hydrogens (tertiary/aromatic N) is 3. The molecule has 7 nitrogen and oxygen atoms in total. The molecular formula is C21H27F3N4O3S. The first-order chi connectivity index (χ1) is 15.0. The highest BCUT2D eigenvalue weighted by molar-refractivity contribution is 7.63. The standard InChI is InChI=1S/C21H27F3N4O3S/c1-4-11-31-18(29)20(27-32-30,13-19(2,3)21(22,23)24)15-7-5-14(6-8-15)17-12-25-28(26-17)16-9-10-16/h5-8,12,16,32H,4,9-11,13H2,1-3H3,(H,27,30)/t20-/m1/s1. The molecule has 0 spiro atoms. The topological polar surface area (TPSA) is 86.1 Å². The van der Waals surface area contributed by atoms with Gasteiger partial charge in [-0.3, -0.25) is 0 Å². The Labute approximate surface area is 188 Å². The van der Waals surface area contributed by atoms with Crippen LogP contribution in [-0.4, -0.2) is 38.0 Å².